The first kappa shape index (κ1) is 26.8. The lowest BCUT2D eigenvalue weighted by molar-refractivity contribution is -0.0149. The number of unbranched alkanes of at least 4 members (excludes halogenated alkanes) is 13. The number of hydrogen-bond acceptors (Lipinski definition) is 4. The van der Waals surface area contributed by atoms with Crippen molar-refractivity contribution in [2.45, 2.75) is 103 Å². The summed E-state index contributed by atoms with van der Waals surface area (Å²) in [6.45, 7) is 3.31. The molecule has 0 aliphatic heterocycles. The number of rotatable bonds is 21. The lowest BCUT2D eigenvalue weighted by Crippen LogP contribution is -2.26. The van der Waals surface area contributed by atoms with Crippen molar-refractivity contribution in [2.75, 3.05) is 26.9 Å². The van der Waals surface area contributed by atoms with Gasteiger partial charge in [-0.15, -0.1) is 0 Å². The van der Waals surface area contributed by atoms with Crippen LogP contribution in [0, 0.1) is 0 Å². The standard InChI is InChI=1S/C26H46O4/c1-3-4-5-6-7-8-9-10-11-12-13-14-15-16-21-29-26(22-27)23-30-25-19-17-24(28-2)18-20-25/h17-20,26-27H,3-16,21-23H2,1-2H3/t26-/m1/s1. The van der Waals surface area contributed by atoms with Gasteiger partial charge in [0.15, 0.2) is 0 Å². The molecule has 1 N–H and O–H groups in total. The van der Waals surface area contributed by atoms with Crippen molar-refractivity contribution in [3.63, 3.8) is 0 Å². The Morgan fingerprint density at radius 2 is 1.17 bits per heavy atom. The molecule has 0 aliphatic carbocycles. The highest BCUT2D eigenvalue weighted by Gasteiger charge is 2.09. The monoisotopic (exact) mass is 422 g/mol. The van der Waals surface area contributed by atoms with Crippen molar-refractivity contribution < 1.29 is 19.3 Å². The Bertz CT molecular complexity index is 474. The molecule has 0 fully saturated rings. The van der Waals surface area contributed by atoms with Crippen LogP contribution in [-0.4, -0.2) is 38.1 Å². The molecule has 4 heteroatoms. The Hall–Kier alpha value is -1.26. The first-order valence-corrected chi connectivity index (χ1v) is 12.3. The van der Waals surface area contributed by atoms with Crippen LogP contribution in [0.3, 0.4) is 0 Å². The van der Waals surface area contributed by atoms with E-state index in [1.807, 2.05) is 24.3 Å². The molecule has 0 heterocycles. The van der Waals surface area contributed by atoms with Crippen molar-refractivity contribution >= 4 is 0 Å². The largest absolute Gasteiger partial charge is 0.497 e. The Labute approximate surface area is 185 Å². The minimum Gasteiger partial charge on any atom is -0.497 e. The number of benzene rings is 1. The summed E-state index contributed by atoms with van der Waals surface area (Å²) in [7, 11) is 1.64. The summed E-state index contributed by atoms with van der Waals surface area (Å²) in [5.74, 6) is 1.56. The van der Waals surface area contributed by atoms with Gasteiger partial charge in [-0.2, -0.15) is 0 Å². The third kappa shape index (κ3) is 14.7. The topological polar surface area (TPSA) is 47.9 Å². The molecular formula is C26H46O4. The zero-order valence-corrected chi connectivity index (χ0v) is 19.6. The van der Waals surface area contributed by atoms with Crippen molar-refractivity contribution in [1.29, 1.82) is 0 Å². The van der Waals surface area contributed by atoms with Crippen LogP contribution in [0.15, 0.2) is 24.3 Å². The van der Waals surface area contributed by atoms with Gasteiger partial charge < -0.3 is 19.3 Å². The van der Waals surface area contributed by atoms with E-state index in [0.717, 1.165) is 17.9 Å². The van der Waals surface area contributed by atoms with Gasteiger partial charge in [-0.1, -0.05) is 90.4 Å². The van der Waals surface area contributed by atoms with E-state index < -0.39 is 0 Å². The molecule has 0 bridgehead atoms. The molecule has 174 valence electrons. The van der Waals surface area contributed by atoms with Crippen LogP contribution in [-0.2, 0) is 4.74 Å². The number of ether oxygens (including phenoxy) is 3. The Morgan fingerprint density at radius 3 is 1.63 bits per heavy atom. The second kappa shape index (κ2) is 19.7. The fraction of sp³-hybridized carbons (Fsp3) is 0.769. The predicted molar refractivity (Wildman–Crippen MR) is 126 cm³/mol. The minimum atomic E-state index is -0.269. The fourth-order valence-corrected chi connectivity index (χ4v) is 3.56. The van der Waals surface area contributed by atoms with Crippen molar-refractivity contribution in [3.05, 3.63) is 24.3 Å². The maximum Gasteiger partial charge on any atom is 0.119 e. The van der Waals surface area contributed by atoms with Gasteiger partial charge in [0.05, 0.1) is 13.7 Å². The van der Waals surface area contributed by atoms with Gasteiger partial charge in [0.1, 0.15) is 24.2 Å². The first-order valence-electron chi connectivity index (χ1n) is 12.3. The average Bonchev–Trinajstić information content (AvgIpc) is 2.78. The quantitative estimate of drug-likeness (QED) is 0.218. The van der Waals surface area contributed by atoms with Crippen LogP contribution in [0.5, 0.6) is 11.5 Å². The van der Waals surface area contributed by atoms with Crippen LogP contribution in [0.25, 0.3) is 0 Å². The zero-order valence-electron chi connectivity index (χ0n) is 19.6. The Morgan fingerprint density at radius 1 is 0.700 bits per heavy atom. The van der Waals surface area contributed by atoms with Crippen LogP contribution in [0.4, 0.5) is 0 Å². The van der Waals surface area contributed by atoms with Crippen LogP contribution < -0.4 is 9.47 Å². The number of aliphatic hydroxyl groups is 1. The minimum absolute atomic E-state index is 0.0191. The van der Waals surface area contributed by atoms with E-state index in [-0.39, 0.29) is 12.7 Å². The third-order valence-corrected chi connectivity index (χ3v) is 5.55. The van der Waals surface area contributed by atoms with Gasteiger partial charge in [0.25, 0.3) is 0 Å². The zero-order chi connectivity index (χ0) is 21.7. The lowest BCUT2D eigenvalue weighted by Gasteiger charge is -2.16. The highest BCUT2D eigenvalue weighted by Crippen LogP contribution is 2.17. The molecule has 0 radical (unpaired) electrons. The molecule has 1 aromatic rings. The molecule has 0 aliphatic rings. The number of hydrogen-bond donors (Lipinski definition) is 1. The van der Waals surface area contributed by atoms with Crippen LogP contribution in [0.1, 0.15) is 96.8 Å². The molecule has 0 aromatic heterocycles. The summed E-state index contributed by atoms with van der Waals surface area (Å²) in [6.07, 6.45) is 18.6. The van der Waals surface area contributed by atoms with Crippen molar-refractivity contribution in [2.24, 2.45) is 0 Å². The van der Waals surface area contributed by atoms with Gasteiger partial charge in [-0.3, -0.25) is 0 Å². The Kier molecular flexibility index (Phi) is 17.6. The first-order chi connectivity index (χ1) is 14.8. The SMILES string of the molecule is CCCCCCCCCCCCCCCCO[C@H](CO)COc1ccc(OC)cc1. The molecular weight excluding hydrogens is 376 g/mol. The molecule has 0 spiro atoms. The molecule has 0 unspecified atom stereocenters. The molecule has 1 aromatic carbocycles. The molecule has 30 heavy (non-hydrogen) atoms. The fourth-order valence-electron chi connectivity index (χ4n) is 3.56. The van der Waals surface area contributed by atoms with Crippen LogP contribution in [0.2, 0.25) is 0 Å². The van der Waals surface area contributed by atoms with Gasteiger partial charge in [-0.05, 0) is 30.7 Å². The summed E-state index contributed by atoms with van der Waals surface area (Å²) in [5, 5.41) is 9.48. The lowest BCUT2D eigenvalue weighted by atomic mass is 10.0. The summed E-state index contributed by atoms with van der Waals surface area (Å²) in [6, 6.07) is 7.44. The predicted octanol–water partition coefficient (Wildman–Crippen LogP) is 6.93. The van der Waals surface area contributed by atoms with E-state index in [1.54, 1.807) is 7.11 Å². The normalized spacial score (nSPS) is 12.1. The molecule has 0 saturated carbocycles. The second-order valence-electron chi connectivity index (χ2n) is 8.26. The molecule has 0 amide bonds. The smallest absolute Gasteiger partial charge is 0.119 e. The van der Waals surface area contributed by atoms with Gasteiger partial charge in [0.2, 0.25) is 0 Å². The number of aliphatic hydroxyl groups excluding tert-OH is 1. The van der Waals surface area contributed by atoms with Crippen LogP contribution >= 0.6 is 0 Å². The van der Waals surface area contributed by atoms with Crippen molar-refractivity contribution in [1.82, 2.24) is 0 Å². The summed E-state index contributed by atoms with van der Waals surface area (Å²) < 4.78 is 16.6. The van der Waals surface area contributed by atoms with E-state index >= 15 is 0 Å². The van der Waals surface area contributed by atoms with E-state index in [9.17, 15) is 5.11 Å². The Balaban J connectivity index is 1.88. The van der Waals surface area contributed by atoms with E-state index in [4.69, 9.17) is 14.2 Å². The van der Waals surface area contributed by atoms with Crippen molar-refractivity contribution in [3.8, 4) is 11.5 Å². The highest BCUT2D eigenvalue weighted by atomic mass is 16.5. The summed E-state index contributed by atoms with van der Waals surface area (Å²) in [5.41, 5.74) is 0. The maximum absolute atomic E-state index is 9.48. The number of methoxy groups -OCH3 is 1. The third-order valence-electron chi connectivity index (χ3n) is 5.55. The van der Waals surface area contributed by atoms with E-state index in [0.29, 0.717) is 13.2 Å². The van der Waals surface area contributed by atoms with E-state index in [1.165, 1.54) is 83.5 Å². The van der Waals surface area contributed by atoms with Gasteiger partial charge in [0, 0.05) is 6.61 Å². The molecule has 4 nitrogen and oxygen atoms in total. The summed E-state index contributed by atoms with van der Waals surface area (Å²) >= 11 is 0. The molecule has 1 atom stereocenters. The maximum atomic E-state index is 9.48. The van der Waals surface area contributed by atoms with Gasteiger partial charge in [-0.25, -0.2) is 0 Å². The molecule has 0 saturated heterocycles. The average molecular weight is 423 g/mol. The molecule has 1 rings (SSSR count). The van der Waals surface area contributed by atoms with Gasteiger partial charge >= 0.3 is 0 Å². The van der Waals surface area contributed by atoms with E-state index in [2.05, 4.69) is 6.92 Å². The second-order valence-corrected chi connectivity index (χ2v) is 8.26. The summed E-state index contributed by atoms with van der Waals surface area (Å²) in [4.78, 5) is 0. The highest BCUT2D eigenvalue weighted by molar-refractivity contribution is 5.31.